The van der Waals surface area contributed by atoms with E-state index in [0.29, 0.717) is 0 Å². The Morgan fingerprint density at radius 3 is 2.44 bits per heavy atom. The van der Waals surface area contributed by atoms with E-state index in [0.717, 1.165) is 38.0 Å². The number of thiophene rings is 1. The fourth-order valence-corrected chi connectivity index (χ4v) is 2.02. The third kappa shape index (κ3) is 3.90. The molecule has 0 saturated carbocycles. The molecular weight excluding hydrogens is 238 g/mol. The Hall–Kier alpha value is -1.80. The van der Waals surface area contributed by atoms with Crippen molar-refractivity contribution in [1.82, 2.24) is 0 Å². The van der Waals surface area contributed by atoms with Gasteiger partial charge in [-0.25, -0.2) is 0 Å². The predicted octanol–water partition coefficient (Wildman–Crippen LogP) is 3.57. The van der Waals surface area contributed by atoms with Crippen molar-refractivity contribution in [2.24, 2.45) is 0 Å². The maximum atomic E-state index is 3.97. The van der Waals surface area contributed by atoms with Crippen LogP contribution in [-0.4, -0.2) is 0 Å². The molecule has 0 aliphatic heterocycles. The molecule has 2 heteroatoms. The molecule has 18 heavy (non-hydrogen) atoms. The second kappa shape index (κ2) is 6.22. The van der Waals surface area contributed by atoms with Gasteiger partial charge in [0.05, 0.1) is 5.00 Å². The van der Waals surface area contributed by atoms with Crippen molar-refractivity contribution in [2.75, 3.05) is 5.32 Å². The Kier molecular flexibility index (Phi) is 4.93. The van der Waals surface area contributed by atoms with Crippen LogP contribution in [0.15, 0.2) is 54.8 Å². The molecule has 0 aliphatic rings. The van der Waals surface area contributed by atoms with Crippen LogP contribution >= 0.6 is 11.3 Å². The van der Waals surface area contributed by atoms with E-state index in [2.05, 4.69) is 45.1 Å². The highest BCUT2D eigenvalue weighted by atomic mass is 32.1. The maximum Gasteiger partial charge on any atom is 0.0938 e. The van der Waals surface area contributed by atoms with Gasteiger partial charge in [-0.1, -0.05) is 57.5 Å². The summed E-state index contributed by atoms with van der Waals surface area (Å²) in [5, 5.41) is 5.13. The summed E-state index contributed by atoms with van der Waals surface area (Å²) in [6.45, 7) is 21.7. The lowest BCUT2D eigenvalue weighted by molar-refractivity contribution is 1.16. The Morgan fingerprint density at radius 1 is 1.28 bits per heavy atom. The lowest BCUT2D eigenvalue weighted by Crippen LogP contribution is -2.11. The Labute approximate surface area is 113 Å². The second-order valence-electron chi connectivity index (χ2n) is 4.03. The van der Waals surface area contributed by atoms with Crippen LogP contribution in [0.5, 0.6) is 0 Å². The standard InChI is InChI=1S/C16H19NS/c1-7-11(2)8-9-12(3)14(5)17-16-10-13(4)15(6)18-16/h8-10,17H,2-7H2,1H3/b9-8-. The Morgan fingerprint density at radius 2 is 1.94 bits per heavy atom. The van der Waals surface area contributed by atoms with Crippen molar-refractivity contribution in [3.63, 3.8) is 0 Å². The van der Waals surface area contributed by atoms with E-state index in [9.17, 15) is 0 Å². The first kappa shape index (κ1) is 14.3. The maximum absolute atomic E-state index is 3.97. The van der Waals surface area contributed by atoms with Gasteiger partial charge in [0.2, 0.25) is 0 Å². The minimum Gasteiger partial charge on any atom is -0.347 e. The van der Waals surface area contributed by atoms with Gasteiger partial charge in [0.1, 0.15) is 0 Å². The molecule has 1 rings (SSSR count). The molecule has 0 radical (unpaired) electrons. The summed E-state index contributed by atoms with van der Waals surface area (Å²) in [6, 6.07) is 1.96. The first-order chi connectivity index (χ1) is 8.43. The van der Waals surface area contributed by atoms with Crippen LogP contribution < -0.4 is 15.1 Å². The molecule has 0 aliphatic carbocycles. The zero-order valence-electron chi connectivity index (χ0n) is 10.9. The predicted molar refractivity (Wildman–Crippen MR) is 85.1 cm³/mol. The zero-order valence-corrected chi connectivity index (χ0v) is 11.7. The van der Waals surface area contributed by atoms with Gasteiger partial charge in [0, 0.05) is 10.2 Å². The minimum absolute atomic E-state index is 0.774. The van der Waals surface area contributed by atoms with Gasteiger partial charge in [0.15, 0.2) is 0 Å². The molecular formula is C16H19NS. The zero-order chi connectivity index (χ0) is 13.7. The van der Waals surface area contributed by atoms with Crippen molar-refractivity contribution in [1.29, 1.82) is 0 Å². The average molecular weight is 257 g/mol. The summed E-state index contributed by atoms with van der Waals surface area (Å²) in [7, 11) is 0. The molecule has 0 atom stereocenters. The third-order valence-corrected chi connectivity index (χ3v) is 3.48. The summed E-state index contributed by atoms with van der Waals surface area (Å²) in [4.78, 5) is 0. The van der Waals surface area contributed by atoms with Crippen molar-refractivity contribution in [3.8, 4) is 0 Å². The second-order valence-corrected chi connectivity index (χ2v) is 5.17. The first-order valence-electron chi connectivity index (χ1n) is 5.72. The number of allylic oxidation sites excluding steroid dienone is 3. The molecule has 1 aromatic rings. The van der Waals surface area contributed by atoms with E-state index < -0.39 is 0 Å². The van der Waals surface area contributed by atoms with Crippen molar-refractivity contribution in [2.45, 2.75) is 13.3 Å². The normalized spacial score (nSPS) is 10.5. The smallest absolute Gasteiger partial charge is 0.0938 e. The molecule has 0 fully saturated rings. The summed E-state index contributed by atoms with van der Waals surface area (Å²) in [6.07, 6.45) is 4.82. The molecule has 0 spiro atoms. The molecule has 0 bridgehead atoms. The highest BCUT2D eigenvalue weighted by Crippen LogP contribution is 2.15. The van der Waals surface area contributed by atoms with Crippen LogP contribution in [-0.2, 0) is 0 Å². The molecule has 1 nitrogen and oxygen atoms in total. The highest BCUT2D eigenvalue weighted by Gasteiger charge is 2.00. The van der Waals surface area contributed by atoms with Gasteiger partial charge in [0.25, 0.3) is 0 Å². The molecule has 0 aromatic carbocycles. The van der Waals surface area contributed by atoms with E-state index in [1.807, 2.05) is 18.2 Å². The fourth-order valence-electron chi connectivity index (χ4n) is 1.19. The number of nitrogens with one attached hydrogen (secondary N) is 1. The van der Waals surface area contributed by atoms with E-state index in [1.54, 1.807) is 11.3 Å². The monoisotopic (exact) mass is 257 g/mol. The number of anilines is 1. The lowest BCUT2D eigenvalue weighted by atomic mass is 10.1. The first-order valence-corrected chi connectivity index (χ1v) is 6.54. The summed E-state index contributed by atoms with van der Waals surface area (Å²) in [5.74, 6) is 0. The van der Waals surface area contributed by atoms with Gasteiger partial charge in [-0.15, -0.1) is 11.3 Å². The van der Waals surface area contributed by atoms with Gasteiger partial charge in [-0.05, 0) is 23.3 Å². The summed E-state index contributed by atoms with van der Waals surface area (Å²) < 4.78 is 0.964. The lowest BCUT2D eigenvalue weighted by Gasteiger charge is -2.07. The van der Waals surface area contributed by atoms with Crippen molar-refractivity contribution >= 4 is 29.5 Å². The summed E-state index contributed by atoms with van der Waals surface area (Å²) >= 11 is 1.56. The van der Waals surface area contributed by atoms with Crippen LogP contribution in [0.3, 0.4) is 0 Å². The van der Waals surface area contributed by atoms with Crippen LogP contribution in [0.25, 0.3) is 13.2 Å². The topological polar surface area (TPSA) is 12.0 Å². The Balaban J connectivity index is 2.69. The van der Waals surface area contributed by atoms with Gasteiger partial charge in [-0.3, -0.25) is 0 Å². The fraction of sp³-hybridized carbons (Fsp3) is 0.125. The van der Waals surface area contributed by atoms with Crippen LogP contribution in [0, 0.1) is 0 Å². The van der Waals surface area contributed by atoms with E-state index in [4.69, 9.17) is 0 Å². The minimum atomic E-state index is 0.774. The SMILES string of the molecule is C=C(/C=C\C(=C)C(=C)Nc1cc(=C)c(=C)s1)CC. The van der Waals surface area contributed by atoms with Crippen LogP contribution in [0.2, 0.25) is 0 Å². The number of hydrogen-bond donors (Lipinski definition) is 1. The van der Waals surface area contributed by atoms with Gasteiger partial charge < -0.3 is 5.32 Å². The number of hydrogen-bond acceptors (Lipinski definition) is 2. The van der Waals surface area contributed by atoms with Gasteiger partial charge in [-0.2, -0.15) is 0 Å². The average Bonchev–Trinajstić information content (AvgIpc) is 2.64. The molecule has 0 unspecified atom stereocenters. The summed E-state index contributed by atoms with van der Waals surface area (Å²) in [5.41, 5.74) is 2.69. The molecule has 0 saturated heterocycles. The van der Waals surface area contributed by atoms with E-state index in [1.165, 1.54) is 0 Å². The quantitative estimate of drug-likeness (QED) is 0.768. The number of rotatable bonds is 6. The van der Waals surface area contributed by atoms with E-state index >= 15 is 0 Å². The third-order valence-electron chi connectivity index (χ3n) is 2.53. The molecule has 1 N–H and O–H groups in total. The Bertz CT molecular complexity index is 574. The molecule has 94 valence electrons. The van der Waals surface area contributed by atoms with Crippen LogP contribution in [0.1, 0.15) is 13.3 Å². The molecule has 1 aromatic heterocycles. The van der Waals surface area contributed by atoms with Crippen LogP contribution in [0.4, 0.5) is 5.00 Å². The molecule has 0 amide bonds. The van der Waals surface area contributed by atoms with Crippen molar-refractivity contribution in [3.05, 3.63) is 64.5 Å². The molecule has 1 heterocycles. The van der Waals surface area contributed by atoms with E-state index in [-0.39, 0.29) is 0 Å². The highest BCUT2D eigenvalue weighted by molar-refractivity contribution is 7.14. The largest absolute Gasteiger partial charge is 0.347 e. The van der Waals surface area contributed by atoms with Crippen molar-refractivity contribution < 1.29 is 0 Å². The van der Waals surface area contributed by atoms with Gasteiger partial charge >= 0.3 is 0 Å².